The molecule has 5 heteroatoms. The van der Waals surface area contributed by atoms with Gasteiger partial charge in [-0.1, -0.05) is 30.3 Å². The van der Waals surface area contributed by atoms with Gasteiger partial charge in [0.2, 0.25) is 0 Å². The Bertz CT molecular complexity index is 434. The Balaban J connectivity index is 1.79. The molecule has 1 saturated heterocycles. The van der Waals surface area contributed by atoms with Crippen LogP contribution in [-0.4, -0.2) is 41.5 Å². The van der Waals surface area contributed by atoms with Crippen molar-refractivity contribution in [3.05, 3.63) is 35.9 Å². The number of carbonyl (C=O) groups excluding carboxylic acids is 1. The second-order valence-corrected chi connectivity index (χ2v) is 5.88. The lowest BCUT2D eigenvalue weighted by Gasteiger charge is -2.34. The first-order chi connectivity index (χ1) is 9.44. The van der Waals surface area contributed by atoms with Crippen LogP contribution >= 0.6 is 0 Å². The summed E-state index contributed by atoms with van der Waals surface area (Å²) in [5.41, 5.74) is 0.739. The third-order valence-corrected chi connectivity index (χ3v) is 2.86. The zero-order valence-corrected chi connectivity index (χ0v) is 12.3. The molecule has 0 aromatic heterocycles. The third kappa shape index (κ3) is 4.51. The molecule has 1 aliphatic rings. The third-order valence-electron chi connectivity index (χ3n) is 2.86. The summed E-state index contributed by atoms with van der Waals surface area (Å²) >= 11 is 0. The Morgan fingerprint density at radius 2 is 1.95 bits per heavy atom. The van der Waals surface area contributed by atoms with Gasteiger partial charge >= 0.3 is 6.09 Å². The van der Waals surface area contributed by atoms with E-state index in [2.05, 4.69) is 17.0 Å². The van der Waals surface area contributed by atoms with Crippen LogP contribution in [0.2, 0.25) is 0 Å². The van der Waals surface area contributed by atoms with Crippen LogP contribution in [0, 0.1) is 0 Å². The Morgan fingerprint density at radius 1 is 1.25 bits per heavy atom. The van der Waals surface area contributed by atoms with E-state index >= 15 is 0 Å². The summed E-state index contributed by atoms with van der Waals surface area (Å²) in [5, 5.41) is 1.30. The van der Waals surface area contributed by atoms with Crippen LogP contribution in [0.4, 0.5) is 4.79 Å². The van der Waals surface area contributed by atoms with Crippen molar-refractivity contribution in [3.63, 3.8) is 0 Å². The smallest absolute Gasteiger partial charge is 0.434 e. The normalized spacial score (nSPS) is 17.1. The molecular formula is C15H22N2O3. The van der Waals surface area contributed by atoms with E-state index < -0.39 is 11.7 Å². The highest BCUT2D eigenvalue weighted by atomic mass is 16.7. The first kappa shape index (κ1) is 14.8. The Hall–Kier alpha value is -1.59. The monoisotopic (exact) mass is 278 g/mol. The van der Waals surface area contributed by atoms with Crippen LogP contribution in [0.15, 0.2) is 30.3 Å². The second kappa shape index (κ2) is 6.24. The van der Waals surface area contributed by atoms with E-state index in [-0.39, 0.29) is 0 Å². The van der Waals surface area contributed by atoms with Crippen molar-refractivity contribution >= 4 is 6.09 Å². The molecule has 0 unspecified atom stereocenters. The number of ether oxygens (including phenoxy) is 1. The van der Waals surface area contributed by atoms with Gasteiger partial charge in [0.1, 0.15) is 12.3 Å². The number of hydrogen-bond acceptors (Lipinski definition) is 4. The van der Waals surface area contributed by atoms with E-state index in [0.29, 0.717) is 13.3 Å². The van der Waals surface area contributed by atoms with Gasteiger partial charge in [-0.3, -0.25) is 9.74 Å². The molecule has 20 heavy (non-hydrogen) atoms. The molecule has 1 aliphatic heterocycles. The van der Waals surface area contributed by atoms with Gasteiger partial charge in [0.05, 0.1) is 6.54 Å². The molecule has 0 aliphatic carbocycles. The number of hydroxylamine groups is 2. The lowest BCUT2D eigenvalue weighted by Crippen LogP contribution is -2.48. The summed E-state index contributed by atoms with van der Waals surface area (Å²) in [6, 6.07) is 10.2. The number of rotatable bonds is 2. The van der Waals surface area contributed by atoms with Crippen LogP contribution in [0.5, 0.6) is 0 Å². The Labute approximate surface area is 120 Å². The topological polar surface area (TPSA) is 42.0 Å². The standard InChI is InChI=1S/C15H22N2O3/c1-15(2,3)20-14(18)17-10-9-16(12-19-17)11-13-7-5-4-6-8-13/h4-8H,9-12H2,1-3H3. The summed E-state index contributed by atoms with van der Waals surface area (Å²) in [7, 11) is 0. The van der Waals surface area contributed by atoms with Crippen LogP contribution < -0.4 is 0 Å². The van der Waals surface area contributed by atoms with Crippen LogP contribution in [-0.2, 0) is 16.1 Å². The average molecular weight is 278 g/mol. The van der Waals surface area contributed by atoms with Crippen molar-refractivity contribution < 1.29 is 14.4 Å². The van der Waals surface area contributed by atoms with E-state index in [1.165, 1.54) is 10.6 Å². The summed E-state index contributed by atoms with van der Waals surface area (Å²) in [5.74, 6) is 0. The molecule has 2 rings (SSSR count). The maximum Gasteiger partial charge on any atom is 0.434 e. The highest BCUT2D eigenvalue weighted by molar-refractivity contribution is 5.66. The molecule has 1 heterocycles. The van der Waals surface area contributed by atoms with Gasteiger partial charge < -0.3 is 4.74 Å². The van der Waals surface area contributed by atoms with E-state index in [0.717, 1.165) is 13.1 Å². The van der Waals surface area contributed by atoms with Crippen LogP contribution in [0.1, 0.15) is 26.3 Å². The molecule has 5 nitrogen and oxygen atoms in total. The molecule has 0 radical (unpaired) electrons. The molecule has 0 bridgehead atoms. The van der Waals surface area contributed by atoms with Gasteiger partial charge in [0, 0.05) is 13.1 Å². The fourth-order valence-corrected chi connectivity index (χ4v) is 1.94. The molecule has 1 aromatic rings. The van der Waals surface area contributed by atoms with Crippen molar-refractivity contribution in [1.82, 2.24) is 9.96 Å². The zero-order chi connectivity index (χ0) is 14.6. The molecular weight excluding hydrogens is 256 g/mol. The Kier molecular flexibility index (Phi) is 4.62. The van der Waals surface area contributed by atoms with E-state index in [1.807, 2.05) is 39.0 Å². The van der Waals surface area contributed by atoms with Gasteiger partial charge in [-0.25, -0.2) is 4.79 Å². The van der Waals surface area contributed by atoms with Crippen LogP contribution in [0.3, 0.4) is 0 Å². The lowest BCUT2D eigenvalue weighted by atomic mass is 10.2. The van der Waals surface area contributed by atoms with Crippen molar-refractivity contribution in [2.24, 2.45) is 0 Å². The minimum Gasteiger partial charge on any atom is -0.442 e. The number of amides is 1. The van der Waals surface area contributed by atoms with Crippen molar-refractivity contribution in [3.8, 4) is 0 Å². The predicted octanol–water partition coefficient (Wildman–Crippen LogP) is 2.63. The van der Waals surface area contributed by atoms with E-state index in [9.17, 15) is 4.79 Å². The van der Waals surface area contributed by atoms with Gasteiger partial charge in [0.25, 0.3) is 0 Å². The second-order valence-electron chi connectivity index (χ2n) is 5.88. The number of benzene rings is 1. The lowest BCUT2D eigenvalue weighted by molar-refractivity contribution is -0.208. The number of nitrogens with zero attached hydrogens (tertiary/aromatic N) is 2. The summed E-state index contributed by atoms with van der Waals surface area (Å²) in [6.45, 7) is 8.04. The summed E-state index contributed by atoms with van der Waals surface area (Å²) < 4.78 is 5.27. The van der Waals surface area contributed by atoms with Gasteiger partial charge in [-0.15, -0.1) is 0 Å². The zero-order valence-electron chi connectivity index (χ0n) is 12.3. The largest absolute Gasteiger partial charge is 0.442 e. The molecule has 0 atom stereocenters. The van der Waals surface area contributed by atoms with Crippen LogP contribution in [0.25, 0.3) is 0 Å². The Morgan fingerprint density at radius 3 is 2.50 bits per heavy atom. The van der Waals surface area contributed by atoms with E-state index in [1.54, 1.807) is 0 Å². The first-order valence-electron chi connectivity index (χ1n) is 6.84. The van der Waals surface area contributed by atoms with Gasteiger partial charge in [-0.2, -0.15) is 5.06 Å². The molecule has 110 valence electrons. The molecule has 1 fully saturated rings. The summed E-state index contributed by atoms with van der Waals surface area (Å²) in [4.78, 5) is 19.4. The molecule has 0 N–H and O–H groups in total. The predicted molar refractivity (Wildman–Crippen MR) is 75.7 cm³/mol. The average Bonchev–Trinajstić information content (AvgIpc) is 2.39. The SMILES string of the molecule is CC(C)(C)OC(=O)N1CCN(Cc2ccccc2)CO1. The summed E-state index contributed by atoms with van der Waals surface area (Å²) in [6.07, 6.45) is -0.420. The maximum atomic E-state index is 11.8. The minimum absolute atomic E-state index is 0.397. The van der Waals surface area contributed by atoms with Gasteiger partial charge in [0.15, 0.2) is 0 Å². The molecule has 1 aromatic carbocycles. The van der Waals surface area contributed by atoms with E-state index in [4.69, 9.17) is 9.57 Å². The van der Waals surface area contributed by atoms with Gasteiger partial charge in [-0.05, 0) is 26.3 Å². The maximum absolute atomic E-state index is 11.8. The number of carbonyl (C=O) groups is 1. The first-order valence-corrected chi connectivity index (χ1v) is 6.84. The fraction of sp³-hybridized carbons (Fsp3) is 0.533. The highest BCUT2D eigenvalue weighted by Crippen LogP contribution is 2.14. The molecule has 1 amide bonds. The van der Waals surface area contributed by atoms with Crippen molar-refractivity contribution in [2.45, 2.75) is 32.9 Å². The number of hydrogen-bond donors (Lipinski definition) is 0. The highest BCUT2D eigenvalue weighted by Gasteiger charge is 2.26. The molecule has 0 spiro atoms. The fourth-order valence-electron chi connectivity index (χ4n) is 1.94. The van der Waals surface area contributed by atoms with Crippen molar-refractivity contribution in [1.29, 1.82) is 0 Å². The quantitative estimate of drug-likeness (QED) is 0.834. The minimum atomic E-state index is -0.498. The van der Waals surface area contributed by atoms with Crippen molar-refractivity contribution in [2.75, 3.05) is 19.8 Å². The molecule has 0 saturated carbocycles.